The molecule has 176 valence electrons. The van der Waals surface area contributed by atoms with Crippen LogP contribution in [0.5, 0.6) is 0 Å². The van der Waals surface area contributed by atoms with Crippen LogP contribution in [0.15, 0.2) is 91.1 Å². The molecule has 0 aliphatic rings. The van der Waals surface area contributed by atoms with E-state index < -0.39 is 5.97 Å². The molecule has 0 spiro atoms. The van der Waals surface area contributed by atoms with Gasteiger partial charge in [0.15, 0.2) is 0 Å². The second-order valence-electron chi connectivity index (χ2n) is 8.26. The molecular formula is C29H26N2O4. The van der Waals surface area contributed by atoms with Crippen molar-refractivity contribution in [2.24, 2.45) is 0 Å². The fourth-order valence-electron chi connectivity index (χ4n) is 3.68. The molecule has 35 heavy (non-hydrogen) atoms. The molecule has 3 aromatic carbocycles. The Hall–Kier alpha value is -4.29. The van der Waals surface area contributed by atoms with E-state index in [1.165, 1.54) is 0 Å². The number of ether oxygens (including phenoxy) is 1. The van der Waals surface area contributed by atoms with Crippen LogP contribution in [0.2, 0.25) is 0 Å². The summed E-state index contributed by atoms with van der Waals surface area (Å²) in [5.74, 6) is -1.29. The second kappa shape index (κ2) is 10.8. The number of nitrogens with one attached hydrogen (secondary N) is 1. The predicted molar refractivity (Wildman–Crippen MR) is 135 cm³/mol. The Morgan fingerprint density at radius 1 is 0.943 bits per heavy atom. The highest BCUT2D eigenvalue weighted by molar-refractivity contribution is 6.05. The minimum Gasteiger partial charge on any atom is -0.478 e. The van der Waals surface area contributed by atoms with E-state index in [2.05, 4.69) is 10.3 Å². The van der Waals surface area contributed by atoms with E-state index in [-0.39, 0.29) is 17.6 Å². The second-order valence-corrected chi connectivity index (χ2v) is 8.26. The number of hydrogen-bond acceptors (Lipinski definition) is 4. The molecule has 1 unspecified atom stereocenters. The maximum atomic E-state index is 12.8. The highest BCUT2D eigenvalue weighted by Gasteiger charge is 2.12. The molecule has 0 radical (unpaired) electrons. The molecule has 1 amide bonds. The Bertz CT molecular complexity index is 1330. The Labute approximate surface area is 204 Å². The first-order valence-corrected chi connectivity index (χ1v) is 11.3. The maximum absolute atomic E-state index is 12.8. The Balaban J connectivity index is 1.40. The molecule has 0 saturated heterocycles. The number of carboxylic acids is 1. The smallest absolute Gasteiger partial charge is 0.337 e. The van der Waals surface area contributed by atoms with Crippen molar-refractivity contribution < 1.29 is 19.4 Å². The zero-order chi connectivity index (χ0) is 24.8. The van der Waals surface area contributed by atoms with Gasteiger partial charge in [0.2, 0.25) is 0 Å². The summed E-state index contributed by atoms with van der Waals surface area (Å²) in [7, 11) is 0. The van der Waals surface area contributed by atoms with Gasteiger partial charge in [-0.15, -0.1) is 0 Å². The van der Waals surface area contributed by atoms with Gasteiger partial charge in [-0.05, 0) is 60.9 Å². The van der Waals surface area contributed by atoms with E-state index in [0.29, 0.717) is 34.7 Å². The van der Waals surface area contributed by atoms with Crippen LogP contribution in [0.3, 0.4) is 0 Å². The molecule has 0 aliphatic heterocycles. The summed E-state index contributed by atoms with van der Waals surface area (Å²) in [6, 6.07) is 26.2. The van der Waals surface area contributed by atoms with Gasteiger partial charge in [-0.25, -0.2) is 4.79 Å². The van der Waals surface area contributed by atoms with Gasteiger partial charge in [0.25, 0.3) is 5.91 Å². The van der Waals surface area contributed by atoms with Gasteiger partial charge in [-0.1, -0.05) is 54.6 Å². The summed E-state index contributed by atoms with van der Waals surface area (Å²) in [5, 5.41) is 12.3. The van der Waals surface area contributed by atoms with E-state index >= 15 is 0 Å². The number of aryl methyl sites for hydroxylation is 1. The van der Waals surface area contributed by atoms with Gasteiger partial charge in [-0.3, -0.25) is 9.78 Å². The molecule has 1 heterocycles. The number of amides is 1. The molecule has 0 aliphatic carbocycles. The minimum absolute atomic E-state index is 0.0156. The van der Waals surface area contributed by atoms with Crippen molar-refractivity contribution in [3.63, 3.8) is 0 Å². The number of carbonyl (C=O) groups is 2. The quantitative estimate of drug-likeness (QED) is 0.319. The number of carbonyl (C=O) groups excluding carboxylic acids is 1. The van der Waals surface area contributed by atoms with Crippen LogP contribution in [0.4, 0.5) is 5.69 Å². The normalized spacial score (nSPS) is 11.6. The Kier molecular flexibility index (Phi) is 7.33. The zero-order valence-corrected chi connectivity index (χ0v) is 19.6. The standard InChI is InChI=1S/C29H26N2O4/c1-19-27(29(33)34)16-25(17-30-19)23-9-6-10-24(15-23)28(32)31-26-13-11-21(12-14-26)18-35-20(2)22-7-4-3-5-8-22/h3-17,20H,18H2,1-2H3,(H,31,32)(H,33,34). The third-order valence-electron chi connectivity index (χ3n) is 5.76. The van der Waals surface area contributed by atoms with Crippen molar-refractivity contribution in [3.8, 4) is 11.1 Å². The molecule has 4 rings (SSSR count). The van der Waals surface area contributed by atoms with Crippen LogP contribution in [0, 0.1) is 6.92 Å². The third-order valence-corrected chi connectivity index (χ3v) is 5.76. The van der Waals surface area contributed by atoms with Crippen LogP contribution in [-0.2, 0) is 11.3 Å². The van der Waals surface area contributed by atoms with Crippen LogP contribution < -0.4 is 5.32 Å². The summed E-state index contributed by atoms with van der Waals surface area (Å²) in [6.45, 7) is 4.14. The average Bonchev–Trinajstić information content (AvgIpc) is 2.88. The first-order chi connectivity index (χ1) is 16.9. The fourth-order valence-corrected chi connectivity index (χ4v) is 3.68. The molecule has 0 fully saturated rings. The van der Waals surface area contributed by atoms with Gasteiger partial charge >= 0.3 is 5.97 Å². The highest BCUT2D eigenvalue weighted by atomic mass is 16.5. The zero-order valence-electron chi connectivity index (χ0n) is 19.6. The van der Waals surface area contributed by atoms with E-state index in [1.54, 1.807) is 37.4 Å². The highest BCUT2D eigenvalue weighted by Crippen LogP contribution is 2.23. The van der Waals surface area contributed by atoms with Crippen molar-refractivity contribution in [1.29, 1.82) is 0 Å². The monoisotopic (exact) mass is 466 g/mol. The average molecular weight is 467 g/mol. The fraction of sp³-hybridized carbons (Fsp3) is 0.138. The van der Waals surface area contributed by atoms with Crippen LogP contribution >= 0.6 is 0 Å². The first-order valence-electron chi connectivity index (χ1n) is 11.3. The Morgan fingerprint density at radius 2 is 1.69 bits per heavy atom. The predicted octanol–water partition coefficient (Wildman–Crippen LogP) is 6.29. The number of aromatic carboxylic acids is 1. The number of hydrogen-bond donors (Lipinski definition) is 2. The summed E-state index contributed by atoms with van der Waals surface area (Å²) < 4.78 is 5.96. The molecule has 2 N–H and O–H groups in total. The van der Waals surface area contributed by atoms with Crippen molar-refractivity contribution in [2.75, 3.05) is 5.32 Å². The number of carboxylic acid groups (broad SMARTS) is 1. The molecule has 1 atom stereocenters. The molecular weight excluding hydrogens is 440 g/mol. The molecule has 4 aromatic rings. The number of rotatable bonds is 8. The number of nitrogens with zero attached hydrogens (tertiary/aromatic N) is 1. The van der Waals surface area contributed by atoms with Crippen LogP contribution in [0.1, 0.15) is 50.6 Å². The lowest BCUT2D eigenvalue weighted by Crippen LogP contribution is -2.12. The first kappa shape index (κ1) is 23.9. The van der Waals surface area contributed by atoms with Crippen molar-refractivity contribution in [3.05, 3.63) is 119 Å². The summed E-state index contributed by atoms with van der Waals surface area (Å²) in [5.41, 5.74) is 5.20. The van der Waals surface area contributed by atoms with Crippen molar-refractivity contribution >= 4 is 17.6 Å². The largest absolute Gasteiger partial charge is 0.478 e. The molecule has 6 heteroatoms. The number of anilines is 1. The maximum Gasteiger partial charge on any atom is 0.337 e. The topological polar surface area (TPSA) is 88.5 Å². The lowest BCUT2D eigenvalue weighted by Gasteiger charge is -2.14. The summed E-state index contributed by atoms with van der Waals surface area (Å²) >= 11 is 0. The Morgan fingerprint density at radius 3 is 2.40 bits per heavy atom. The van der Waals surface area contributed by atoms with Gasteiger partial charge in [0, 0.05) is 23.0 Å². The van der Waals surface area contributed by atoms with Gasteiger partial charge < -0.3 is 15.2 Å². The number of benzene rings is 3. The summed E-state index contributed by atoms with van der Waals surface area (Å²) in [6.07, 6.45) is 1.59. The third kappa shape index (κ3) is 5.99. The van der Waals surface area contributed by atoms with E-state index in [4.69, 9.17) is 4.74 Å². The van der Waals surface area contributed by atoms with Crippen molar-refractivity contribution in [1.82, 2.24) is 4.98 Å². The SMILES string of the molecule is Cc1ncc(-c2cccc(C(=O)Nc3ccc(COC(C)c4ccccc4)cc3)c2)cc1C(=O)O. The number of pyridine rings is 1. The van der Waals surface area contributed by atoms with Gasteiger partial charge in [0.1, 0.15) is 0 Å². The number of aromatic nitrogens is 1. The molecule has 1 aromatic heterocycles. The minimum atomic E-state index is -1.03. The van der Waals surface area contributed by atoms with Crippen molar-refractivity contribution in [2.45, 2.75) is 26.6 Å². The molecule has 0 bridgehead atoms. The van der Waals surface area contributed by atoms with Gasteiger partial charge in [-0.2, -0.15) is 0 Å². The van der Waals surface area contributed by atoms with Crippen LogP contribution in [0.25, 0.3) is 11.1 Å². The molecule has 6 nitrogen and oxygen atoms in total. The molecule has 0 saturated carbocycles. The lowest BCUT2D eigenvalue weighted by atomic mass is 10.0. The van der Waals surface area contributed by atoms with E-state index in [0.717, 1.165) is 11.1 Å². The lowest BCUT2D eigenvalue weighted by molar-refractivity contribution is 0.0525. The summed E-state index contributed by atoms with van der Waals surface area (Å²) in [4.78, 5) is 28.5. The van der Waals surface area contributed by atoms with E-state index in [9.17, 15) is 14.7 Å². The van der Waals surface area contributed by atoms with E-state index in [1.807, 2.05) is 67.6 Å². The van der Waals surface area contributed by atoms with Crippen LogP contribution in [-0.4, -0.2) is 22.0 Å². The van der Waals surface area contributed by atoms with Gasteiger partial charge in [0.05, 0.1) is 24.0 Å².